The fourth-order valence-corrected chi connectivity index (χ4v) is 3.26. The Labute approximate surface area is 92.1 Å². The zero-order valence-electron chi connectivity index (χ0n) is 9.92. The molecular weight excluding hydrogens is 186 g/mol. The van der Waals surface area contributed by atoms with Gasteiger partial charge in [-0.3, -0.25) is 4.79 Å². The van der Waals surface area contributed by atoms with E-state index in [1.165, 1.54) is 12.8 Å². The molecule has 0 unspecified atom stereocenters. The first-order valence-corrected chi connectivity index (χ1v) is 5.96. The third kappa shape index (κ3) is 1.95. The lowest BCUT2D eigenvalue weighted by molar-refractivity contribution is -0.122. The van der Waals surface area contributed by atoms with Crippen molar-refractivity contribution in [3.8, 4) is 0 Å². The zero-order chi connectivity index (χ0) is 11.1. The van der Waals surface area contributed by atoms with Gasteiger partial charge in [0.1, 0.15) is 0 Å². The Morgan fingerprint density at radius 3 is 2.93 bits per heavy atom. The van der Waals surface area contributed by atoms with Gasteiger partial charge in [0, 0.05) is 12.5 Å². The second-order valence-electron chi connectivity index (χ2n) is 5.53. The highest BCUT2D eigenvalue weighted by molar-refractivity contribution is 5.73. The highest BCUT2D eigenvalue weighted by Crippen LogP contribution is 2.45. The summed E-state index contributed by atoms with van der Waals surface area (Å²) in [6.07, 6.45) is 8.23. The Morgan fingerprint density at radius 1 is 1.53 bits per heavy atom. The number of carbonyl (C=O) groups excluding carboxylic acids is 1. The van der Waals surface area contributed by atoms with E-state index in [0.717, 1.165) is 18.3 Å². The van der Waals surface area contributed by atoms with Gasteiger partial charge >= 0.3 is 0 Å². The molecule has 1 N–H and O–H groups in total. The van der Waals surface area contributed by atoms with Gasteiger partial charge in [-0.2, -0.15) is 0 Å². The summed E-state index contributed by atoms with van der Waals surface area (Å²) >= 11 is 0. The molecule has 0 aromatic carbocycles. The van der Waals surface area contributed by atoms with Gasteiger partial charge in [-0.05, 0) is 43.9 Å². The Bertz CT molecular complexity index is 297. The molecule has 1 fully saturated rings. The predicted octanol–water partition coefficient (Wildman–Crippen LogP) is 2.50. The highest BCUT2D eigenvalue weighted by atomic mass is 16.1. The lowest BCUT2D eigenvalue weighted by Gasteiger charge is -2.45. The molecule has 15 heavy (non-hydrogen) atoms. The van der Waals surface area contributed by atoms with E-state index in [4.69, 9.17) is 0 Å². The standard InChI is InChI=1S/C13H21NO/c1-9-7-11-5-4-6-12(11)8-13(9,3)14-10(2)15/h4-5,9,11-12H,6-8H2,1-3H3,(H,14,15)/t9-,11-,12+,13+/m0/s1. The Balaban J connectivity index is 2.10. The van der Waals surface area contributed by atoms with Crippen LogP contribution in [0.5, 0.6) is 0 Å². The van der Waals surface area contributed by atoms with Gasteiger partial charge < -0.3 is 5.32 Å². The molecule has 0 spiro atoms. The van der Waals surface area contributed by atoms with Gasteiger partial charge in [0.2, 0.25) is 5.91 Å². The Kier molecular flexibility index (Phi) is 2.61. The van der Waals surface area contributed by atoms with Gasteiger partial charge in [-0.15, -0.1) is 0 Å². The molecular formula is C13H21NO. The van der Waals surface area contributed by atoms with E-state index < -0.39 is 0 Å². The lowest BCUT2D eigenvalue weighted by Crippen LogP contribution is -2.54. The van der Waals surface area contributed by atoms with Crippen LogP contribution in [0.1, 0.15) is 40.0 Å². The number of rotatable bonds is 1. The van der Waals surface area contributed by atoms with Crippen LogP contribution in [0.2, 0.25) is 0 Å². The van der Waals surface area contributed by atoms with Crippen LogP contribution in [0.3, 0.4) is 0 Å². The molecule has 0 heterocycles. The van der Waals surface area contributed by atoms with Crippen LogP contribution in [0.15, 0.2) is 12.2 Å². The van der Waals surface area contributed by atoms with Crippen LogP contribution in [-0.4, -0.2) is 11.4 Å². The van der Waals surface area contributed by atoms with Crippen molar-refractivity contribution in [1.82, 2.24) is 5.32 Å². The summed E-state index contributed by atoms with van der Waals surface area (Å²) in [5.41, 5.74) is 0.0129. The minimum absolute atomic E-state index is 0.0129. The SMILES string of the molecule is CC(=O)N[C@]1(C)C[C@H]2CC=C[C@H]2C[C@@H]1C. The topological polar surface area (TPSA) is 29.1 Å². The summed E-state index contributed by atoms with van der Waals surface area (Å²) in [4.78, 5) is 11.2. The zero-order valence-corrected chi connectivity index (χ0v) is 9.92. The van der Waals surface area contributed by atoms with Crippen LogP contribution in [-0.2, 0) is 4.79 Å². The minimum Gasteiger partial charge on any atom is -0.351 e. The maximum Gasteiger partial charge on any atom is 0.217 e. The summed E-state index contributed by atoms with van der Waals surface area (Å²) in [5, 5.41) is 3.15. The maximum atomic E-state index is 11.2. The van der Waals surface area contributed by atoms with E-state index in [1.807, 2.05) is 0 Å². The van der Waals surface area contributed by atoms with E-state index in [-0.39, 0.29) is 11.4 Å². The van der Waals surface area contributed by atoms with Crippen molar-refractivity contribution < 1.29 is 4.79 Å². The van der Waals surface area contributed by atoms with E-state index >= 15 is 0 Å². The van der Waals surface area contributed by atoms with Crippen molar-refractivity contribution in [2.45, 2.75) is 45.6 Å². The Morgan fingerprint density at radius 2 is 2.27 bits per heavy atom. The molecule has 1 saturated carbocycles. The fourth-order valence-electron chi connectivity index (χ4n) is 3.26. The molecule has 2 aliphatic rings. The molecule has 0 aliphatic heterocycles. The second kappa shape index (κ2) is 3.66. The van der Waals surface area contributed by atoms with Gasteiger partial charge in [-0.1, -0.05) is 19.1 Å². The van der Waals surface area contributed by atoms with Crippen LogP contribution >= 0.6 is 0 Å². The number of carbonyl (C=O) groups is 1. The summed E-state index contributed by atoms with van der Waals surface area (Å²) in [7, 11) is 0. The quantitative estimate of drug-likeness (QED) is 0.658. The second-order valence-corrected chi connectivity index (χ2v) is 5.53. The third-order valence-corrected chi connectivity index (χ3v) is 4.29. The smallest absolute Gasteiger partial charge is 0.217 e. The number of hydrogen-bond acceptors (Lipinski definition) is 1. The van der Waals surface area contributed by atoms with Gasteiger partial charge in [0.05, 0.1) is 0 Å². The first kappa shape index (κ1) is 10.7. The van der Waals surface area contributed by atoms with Crippen molar-refractivity contribution in [2.75, 3.05) is 0 Å². The van der Waals surface area contributed by atoms with Crippen LogP contribution in [0.25, 0.3) is 0 Å². The molecule has 2 nitrogen and oxygen atoms in total. The molecule has 2 rings (SSSR count). The molecule has 4 atom stereocenters. The highest BCUT2D eigenvalue weighted by Gasteiger charge is 2.43. The van der Waals surface area contributed by atoms with Crippen molar-refractivity contribution >= 4 is 5.91 Å². The molecule has 0 aromatic rings. The molecule has 0 aromatic heterocycles. The molecule has 2 aliphatic carbocycles. The fraction of sp³-hybridized carbons (Fsp3) is 0.769. The van der Waals surface area contributed by atoms with Crippen LogP contribution in [0.4, 0.5) is 0 Å². The molecule has 84 valence electrons. The van der Waals surface area contributed by atoms with Crippen molar-refractivity contribution in [2.24, 2.45) is 17.8 Å². The maximum absolute atomic E-state index is 11.2. The van der Waals surface area contributed by atoms with Gasteiger partial charge in [-0.25, -0.2) is 0 Å². The summed E-state index contributed by atoms with van der Waals surface area (Å²) < 4.78 is 0. The van der Waals surface area contributed by atoms with Gasteiger partial charge in [0.15, 0.2) is 0 Å². The summed E-state index contributed by atoms with van der Waals surface area (Å²) in [5.74, 6) is 2.21. The van der Waals surface area contributed by atoms with Crippen molar-refractivity contribution in [1.29, 1.82) is 0 Å². The molecule has 0 radical (unpaired) electrons. The molecule has 0 bridgehead atoms. The van der Waals surface area contributed by atoms with Crippen molar-refractivity contribution in [3.05, 3.63) is 12.2 Å². The largest absolute Gasteiger partial charge is 0.351 e. The van der Waals surface area contributed by atoms with E-state index in [2.05, 4.69) is 31.3 Å². The molecule has 2 heteroatoms. The monoisotopic (exact) mass is 207 g/mol. The van der Waals surface area contributed by atoms with E-state index in [1.54, 1.807) is 6.92 Å². The predicted molar refractivity (Wildman–Crippen MR) is 61.4 cm³/mol. The number of fused-ring (bicyclic) bond motifs is 1. The average Bonchev–Trinajstić information content (AvgIpc) is 2.50. The van der Waals surface area contributed by atoms with Crippen LogP contribution < -0.4 is 5.32 Å². The first-order valence-electron chi connectivity index (χ1n) is 5.96. The number of hydrogen-bond donors (Lipinski definition) is 1. The Hall–Kier alpha value is -0.790. The molecule has 0 saturated heterocycles. The minimum atomic E-state index is 0.0129. The number of amides is 1. The van der Waals surface area contributed by atoms with Crippen LogP contribution in [0, 0.1) is 17.8 Å². The van der Waals surface area contributed by atoms with Gasteiger partial charge in [0.25, 0.3) is 0 Å². The summed E-state index contributed by atoms with van der Waals surface area (Å²) in [6, 6.07) is 0. The number of allylic oxidation sites excluding steroid dienone is 2. The average molecular weight is 207 g/mol. The van der Waals surface area contributed by atoms with E-state index in [0.29, 0.717) is 5.92 Å². The van der Waals surface area contributed by atoms with Crippen molar-refractivity contribution in [3.63, 3.8) is 0 Å². The normalized spacial score (nSPS) is 43.8. The van der Waals surface area contributed by atoms with E-state index in [9.17, 15) is 4.79 Å². The molecule has 1 amide bonds. The first-order chi connectivity index (χ1) is 7.01. The third-order valence-electron chi connectivity index (χ3n) is 4.29. The lowest BCUT2D eigenvalue weighted by atomic mass is 9.66. The number of nitrogens with one attached hydrogen (secondary N) is 1. The summed E-state index contributed by atoms with van der Waals surface area (Å²) in [6.45, 7) is 6.09.